The lowest BCUT2D eigenvalue weighted by atomic mass is 9.93. The zero-order valence-electron chi connectivity index (χ0n) is 11.1. The second-order valence-electron chi connectivity index (χ2n) is 4.76. The summed E-state index contributed by atoms with van der Waals surface area (Å²) in [6.45, 7) is 0. The molecule has 1 aliphatic carbocycles. The molecule has 2 rings (SSSR count). The summed E-state index contributed by atoms with van der Waals surface area (Å²) in [5.74, 6) is -0.887. The Hall–Kier alpha value is -2.36. The van der Waals surface area contributed by atoms with Gasteiger partial charge in [-0.1, -0.05) is 24.3 Å². The first-order valence-corrected chi connectivity index (χ1v) is 6.62. The minimum atomic E-state index is -0.979. The summed E-state index contributed by atoms with van der Waals surface area (Å²) in [6, 6.07) is 7.10. The van der Waals surface area contributed by atoms with Gasteiger partial charge in [0.2, 0.25) is 5.91 Å². The second kappa shape index (κ2) is 6.70. The summed E-state index contributed by atoms with van der Waals surface area (Å²) in [7, 11) is 0. The molecule has 0 saturated carbocycles. The Balaban J connectivity index is 1.94. The van der Waals surface area contributed by atoms with Gasteiger partial charge in [0, 0.05) is 17.7 Å². The lowest BCUT2D eigenvalue weighted by Crippen LogP contribution is -2.23. The highest BCUT2D eigenvalue weighted by molar-refractivity contribution is 5.93. The van der Waals surface area contributed by atoms with E-state index in [-0.39, 0.29) is 11.8 Å². The van der Waals surface area contributed by atoms with Gasteiger partial charge in [-0.05, 0) is 43.0 Å². The highest BCUT2D eigenvalue weighted by Crippen LogP contribution is 2.20. The monoisotopic (exact) mass is 271 g/mol. The topological polar surface area (TPSA) is 66.4 Å². The molecule has 0 bridgehead atoms. The van der Waals surface area contributed by atoms with Crippen LogP contribution in [-0.2, 0) is 9.59 Å². The molecule has 104 valence electrons. The van der Waals surface area contributed by atoms with Crippen LogP contribution in [0.3, 0.4) is 0 Å². The smallest absolute Gasteiger partial charge is 0.328 e. The van der Waals surface area contributed by atoms with E-state index in [4.69, 9.17) is 5.11 Å². The number of benzene rings is 1. The van der Waals surface area contributed by atoms with E-state index in [0.29, 0.717) is 0 Å². The third-order valence-electron chi connectivity index (χ3n) is 3.24. The third kappa shape index (κ3) is 4.09. The van der Waals surface area contributed by atoms with Crippen molar-refractivity contribution in [2.24, 2.45) is 5.92 Å². The van der Waals surface area contributed by atoms with Crippen LogP contribution in [0, 0.1) is 5.92 Å². The molecule has 1 amide bonds. The highest BCUT2D eigenvalue weighted by Gasteiger charge is 2.18. The van der Waals surface area contributed by atoms with Crippen molar-refractivity contribution in [2.45, 2.75) is 19.3 Å². The van der Waals surface area contributed by atoms with Gasteiger partial charge in [0.1, 0.15) is 0 Å². The van der Waals surface area contributed by atoms with Crippen molar-refractivity contribution >= 4 is 23.6 Å². The average molecular weight is 271 g/mol. The molecule has 0 saturated heterocycles. The molecule has 20 heavy (non-hydrogen) atoms. The number of allylic oxidation sites excluding steroid dienone is 2. The Kier molecular flexibility index (Phi) is 4.71. The number of carbonyl (C=O) groups is 2. The van der Waals surface area contributed by atoms with Gasteiger partial charge in [0.25, 0.3) is 0 Å². The third-order valence-corrected chi connectivity index (χ3v) is 3.24. The number of carbonyl (C=O) groups excluding carboxylic acids is 1. The minimum absolute atomic E-state index is 0.0446. The van der Waals surface area contributed by atoms with Crippen molar-refractivity contribution in [1.82, 2.24) is 0 Å². The van der Waals surface area contributed by atoms with Gasteiger partial charge >= 0.3 is 5.97 Å². The van der Waals surface area contributed by atoms with Crippen LogP contribution >= 0.6 is 0 Å². The molecule has 0 spiro atoms. The van der Waals surface area contributed by atoms with E-state index >= 15 is 0 Å². The quantitative estimate of drug-likeness (QED) is 0.653. The van der Waals surface area contributed by atoms with Crippen LogP contribution in [0.25, 0.3) is 6.08 Å². The maximum atomic E-state index is 12.0. The fraction of sp³-hybridized carbons (Fsp3) is 0.250. The zero-order chi connectivity index (χ0) is 14.4. The number of aliphatic carboxylic acids is 1. The molecule has 1 aromatic carbocycles. The van der Waals surface area contributed by atoms with Crippen molar-refractivity contribution in [1.29, 1.82) is 0 Å². The van der Waals surface area contributed by atoms with Crippen LogP contribution in [-0.4, -0.2) is 17.0 Å². The lowest BCUT2D eigenvalue weighted by molar-refractivity contribution is -0.131. The van der Waals surface area contributed by atoms with Crippen LogP contribution in [0.1, 0.15) is 24.8 Å². The summed E-state index contributed by atoms with van der Waals surface area (Å²) in [5.41, 5.74) is 1.52. The van der Waals surface area contributed by atoms with Gasteiger partial charge in [0.05, 0.1) is 0 Å². The fourth-order valence-corrected chi connectivity index (χ4v) is 2.12. The Bertz CT molecular complexity index is 543. The number of amides is 1. The summed E-state index contributed by atoms with van der Waals surface area (Å²) < 4.78 is 0. The van der Waals surface area contributed by atoms with E-state index in [1.807, 2.05) is 6.08 Å². The Morgan fingerprint density at radius 2 is 1.95 bits per heavy atom. The Morgan fingerprint density at radius 3 is 2.55 bits per heavy atom. The maximum Gasteiger partial charge on any atom is 0.328 e. The summed E-state index contributed by atoms with van der Waals surface area (Å²) in [4.78, 5) is 22.4. The number of nitrogens with one attached hydrogen (secondary N) is 1. The maximum absolute atomic E-state index is 12.0. The molecule has 1 atom stereocenters. The predicted octanol–water partition coefficient (Wildman–Crippen LogP) is 3.08. The van der Waals surface area contributed by atoms with Crippen molar-refractivity contribution < 1.29 is 14.7 Å². The number of hydrogen-bond acceptors (Lipinski definition) is 2. The standard InChI is InChI=1S/C16H17NO3/c18-15(19)11-8-12-6-9-14(10-7-12)17-16(20)13-4-2-1-3-5-13/h1-2,6-11,13H,3-5H2,(H,17,20)(H,18,19)/b11-8+. The Morgan fingerprint density at radius 1 is 1.20 bits per heavy atom. The van der Waals surface area contributed by atoms with Crippen molar-refractivity contribution in [3.8, 4) is 0 Å². The van der Waals surface area contributed by atoms with Gasteiger partial charge in [-0.2, -0.15) is 0 Å². The molecule has 4 nitrogen and oxygen atoms in total. The molecule has 1 unspecified atom stereocenters. The first-order valence-electron chi connectivity index (χ1n) is 6.62. The molecule has 1 aliphatic rings. The SMILES string of the molecule is O=C(O)/C=C/c1ccc(NC(=O)C2CC=CCC2)cc1. The molecule has 0 aliphatic heterocycles. The molecule has 0 fully saturated rings. The van der Waals surface area contributed by atoms with Crippen molar-refractivity contribution in [3.05, 3.63) is 48.1 Å². The van der Waals surface area contributed by atoms with Crippen LogP contribution in [0.15, 0.2) is 42.5 Å². The molecular formula is C16H17NO3. The van der Waals surface area contributed by atoms with E-state index in [0.717, 1.165) is 36.6 Å². The minimum Gasteiger partial charge on any atom is -0.478 e. The van der Waals surface area contributed by atoms with E-state index in [9.17, 15) is 9.59 Å². The zero-order valence-corrected chi connectivity index (χ0v) is 11.1. The summed E-state index contributed by atoms with van der Waals surface area (Å²) in [5, 5.41) is 11.4. The molecule has 4 heteroatoms. The van der Waals surface area contributed by atoms with Crippen LogP contribution < -0.4 is 5.32 Å². The molecular weight excluding hydrogens is 254 g/mol. The van der Waals surface area contributed by atoms with E-state index in [1.165, 1.54) is 6.08 Å². The highest BCUT2D eigenvalue weighted by atomic mass is 16.4. The summed E-state index contributed by atoms with van der Waals surface area (Å²) >= 11 is 0. The van der Waals surface area contributed by atoms with Crippen LogP contribution in [0.2, 0.25) is 0 Å². The summed E-state index contributed by atoms with van der Waals surface area (Å²) in [6.07, 6.45) is 9.40. The van der Waals surface area contributed by atoms with Gasteiger partial charge < -0.3 is 10.4 Å². The number of carboxylic acid groups (broad SMARTS) is 1. The van der Waals surface area contributed by atoms with Crippen molar-refractivity contribution in [3.63, 3.8) is 0 Å². The van der Waals surface area contributed by atoms with E-state index < -0.39 is 5.97 Å². The lowest BCUT2D eigenvalue weighted by Gasteiger charge is -2.17. The largest absolute Gasteiger partial charge is 0.478 e. The van der Waals surface area contributed by atoms with Gasteiger partial charge in [0.15, 0.2) is 0 Å². The number of anilines is 1. The number of rotatable bonds is 4. The first-order chi connectivity index (χ1) is 9.65. The molecule has 0 heterocycles. The molecule has 0 radical (unpaired) electrons. The van der Waals surface area contributed by atoms with Crippen LogP contribution in [0.5, 0.6) is 0 Å². The van der Waals surface area contributed by atoms with Gasteiger partial charge in [-0.3, -0.25) is 4.79 Å². The first kappa shape index (κ1) is 14.1. The normalized spacial score (nSPS) is 18.1. The van der Waals surface area contributed by atoms with E-state index in [1.54, 1.807) is 24.3 Å². The molecule has 0 aromatic heterocycles. The fourth-order valence-electron chi connectivity index (χ4n) is 2.12. The predicted molar refractivity (Wildman–Crippen MR) is 78.2 cm³/mol. The number of hydrogen-bond donors (Lipinski definition) is 2. The van der Waals surface area contributed by atoms with Crippen LogP contribution in [0.4, 0.5) is 5.69 Å². The molecule has 1 aromatic rings. The Labute approximate surface area is 117 Å². The average Bonchev–Trinajstić information content (AvgIpc) is 2.47. The van der Waals surface area contributed by atoms with Gasteiger partial charge in [-0.15, -0.1) is 0 Å². The van der Waals surface area contributed by atoms with Gasteiger partial charge in [-0.25, -0.2) is 4.79 Å². The molecule has 2 N–H and O–H groups in total. The van der Waals surface area contributed by atoms with Crippen molar-refractivity contribution in [2.75, 3.05) is 5.32 Å². The second-order valence-corrected chi connectivity index (χ2v) is 4.76. The number of carboxylic acids is 1. The van der Waals surface area contributed by atoms with E-state index in [2.05, 4.69) is 11.4 Å².